The molecule has 0 saturated heterocycles. The smallest absolute Gasteiger partial charge is 0.306 e. The summed E-state index contributed by atoms with van der Waals surface area (Å²) in [7, 11) is 0. The fourth-order valence-electron chi connectivity index (χ4n) is 8.69. The van der Waals surface area contributed by atoms with Gasteiger partial charge in [-0.2, -0.15) is 0 Å². The van der Waals surface area contributed by atoms with Crippen molar-refractivity contribution >= 4 is 17.9 Å². The molecule has 0 aromatic carbocycles. The minimum Gasteiger partial charge on any atom is -0.462 e. The normalized spacial score (nSPS) is 12.9. The summed E-state index contributed by atoms with van der Waals surface area (Å²) in [6.45, 7) is 6.43. The SMILES string of the molecule is CC/C=C\C/C=C\C/C=C\C/C=C\C/C=C\CCCCCC(=O)O[C@H](COC(=O)CC/C=C\C/C=C\C/C=C\C/C=C\C/C=C\CCCCC)COC(=O)CCCCCCCCCCCCCCCCCCCCCCC. The molecule has 1 atom stereocenters. The Labute approximate surface area is 475 Å². The van der Waals surface area contributed by atoms with Crippen molar-refractivity contribution < 1.29 is 28.6 Å². The third kappa shape index (κ3) is 62.5. The summed E-state index contributed by atoms with van der Waals surface area (Å²) >= 11 is 0. The lowest BCUT2D eigenvalue weighted by Crippen LogP contribution is -2.30. The highest BCUT2D eigenvalue weighted by Crippen LogP contribution is 2.16. The van der Waals surface area contributed by atoms with E-state index in [1.807, 2.05) is 6.08 Å². The maximum Gasteiger partial charge on any atom is 0.306 e. The molecule has 0 aromatic heterocycles. The molecule has 0 heterocycles. The van der Waals surface area contributed by atoms with Crippen LogP contribution in [0.1, 0.15) is 290 Å². The molecule has 0 aliphatic carbocycles. The lowest BCUT2D eigenvalue weighted by molar-refractivity contribution is -0.166. The van der Waals surface area contributed by atoms with E-state index < -0.39 is 6.10 Å². The van der Waals surface area contributed by atoms with Crippen LogP contribution in [0.25, 0.3) is 0 Å². The molecule has 0 unspecified atom stereocenters. The molecule has 0 aliphatic rings. The van der Waals surface area contributed by atoms with Crippen molar-refractivity contribution in [2.75, 3.05) is 13.2 Å². The standard InChI is InChI=1S/C71H118O6/c1-4-7-10-13-16-19-22-25-28-31-34-35-38-40-43-46-49-52-55-58-61-64-70(73)76-67-68(77-71(74)65-62-59-56-53-50-47-44-41-37-33-30-27-24-21-18-15-12-9-6-3)66-75-69(72)63-60-57-54-51-48-45-42-39-36-32-29-26-23-20-17-14-11-8-5-2/h9,12,17-18,20-21,26-27,29-30,36-37,39,41,45,47-48,50,54,57,68H,4-8,10-11,13-16,19,22-25,28,31-35,38,40,42-44,46,49,51-53,55-56,58-67H2,1-3H3/b12-9-,20-17-,21-18-,29-26-,30-27-,39-36-,41-37-,48-45-,50-47-,57-54-/t68-/m1/s1. The van der Waals surface area contributed by atoms with E-state index in [1.165, 1.54) is 141 Å². The number of rotatable bonds is 57. The second kappa shape index (κ2) is 64.3. The third-order valence-corrected chi connectivity index (χ3v) is 13.5. The highest BCUT2D eigenvalue weighted by atomic mass is 16.6. The summed E-state index contributed by atoms with van der Waals surface area (Å²) in [6.07, 6.45) is 89.3. The quantitative estimate of drug-likeness (QED) is 0.0261. The zero-order valence-electron chi connectivity index (χ0n) is 50.2. The molecule has 438 valence electrons. The molecule has 0 spiro atoms. The fraction of sp³-hybridized carbons (Fsp3) is 0.676. The van der Waals surface area contributed by atoms with Gasteiger partial charge in [0.15, 0.2) is 6.10 Å². The molecule has 6 heteroatoms. The summed E-state index contributed by atoms with van der Waals surface area (Å²) in [5.41, 5.74) is 0. The lowest BCUT2D eigenvalue weighted by atomic mass is 10.0. The Morgan fingerprint density at radius 2 is 0.532 bits per heavy atom. The van der Waals surface area contributed by atoms with E-state index in [0.717, 1.165) is 96.3 Å². The maximum atomic E-state index is 12.9. The minimum atomic E-state index is -0.829. The largest absolute Gasteiger partial charge is 0.462 e. The lowest BCUT2D eigenvalue weighted by Gasteiger charge is -2.18. The average molecular weight is 1070 g/mol. The topological polar surface area (TPSA) is 78.9 Å². The second-order valence-electron chi connectivity index (χ2n) is 20.9. The number of unbranched alkanes of at least 4 members (excludes halogenated alkanes) is 26. The summed E-state index contributed by atoms with van der Waals surface area (Å²) in [6, 6.07) is 0. The Hall–Kier alpha value is -4.19. The van der Waals surface area contributed by atoms with Crippen LogP contribution in [0.2, 0.25) is 0 Å². The molecule has 0 rings (SSSR count). The van der Waals surface area contributed by atoms with Crippen LogP contribution in [0.15, 0.2) is 122 Å². The average Bonchev–Trinajstić information content (AvgIpc) is 3.43. The number of hydrogen-bond acceptors (Lipinski definition) is 6. The van der Waals surface area contributed by atoms with E-state index in [9.17, 15) is 14.4 Å². The van der Waals surface area contributed by atoms with Gasteiger partial charge in [-0.15, -0.1) is 0 Å². The zero-order valence-corrected chi connectivity index (χ0v) is 50.2. The highest BCUT2D eigenvalue weighted by molar-refractivity contribution is 5.71. The van der Waals surface area contributed by atoms with Gasteiger partial charge in [-0.1, -0.05) is 290 Å². The van der Waals surface area contributed by atoms with Gasteiger partial charge in [0, 0.05) is 19.3 Å². The molecule has 0 aliphatic heterocycles. The predicted molar refractivity (Wildman–Crippen MR) is 334 cm³/mol. The molecule has 0 radical (unpaired) electrons. The Bertz CT molecular complexity index is 1600. The van der Waals surface area contributed by atoms with Crippen molar-refractivity contribution in [3.8, 4) is 0 Å². The number of hydrogen-bond donors (Lipinski definition) is 0. The van der Waals surface area contributed by atoms with E-state index in [4.69, 9.17) is 14.2 Å². The van der Waals surface area contributed by atoms with Crippen molar-refractivity contribution in [2.45, 2.75) is 297 Å². The summed E-state index contributed by atoms with van der Waals surface area (Å²) in [4.78, 5) is 38.3. The van der Waals surface area contributed by atoms with E-state index in [0.29, 0.717) is 19.3 Å². The van der Waals surface area contributed by atoms with Crippen LogP contribution in [-0.2, 0) is 28.6 Å². The number of ether oxygens (including phenoxy) is 3. The first kappa shape index (κ1) is 72.8. The van der Waals surface area contributed by atoms with Crippen LogP contribution in [0.5, 0.6) is 0 Å². The number of allylic oxidation sites excluding steroid dienone is 20. The van der Waals surface area contributed by atoms with Gasteiger partial charge in [-0.05, 0) is 103 Å². The van der Waals surface area contributed by atoms with Crippen molar-refractivity contribution in [2.24, 2.45) is 0 Å². The number of carbonyl (C=O) groups is 3. The van der Waals surface area contributed by atoms with Gasteiger partial charge in [-0.3, -0.25) is 14.4 Å². The van der Waals surface area contributed by atoms with Crippen LogP contribution in [-0.4, -0.2) is 37.2 Å². The van der Waals surface area contributed by atoms with Crippen LogP contribution < -0.4 is 0 Å². The van der Waals surface area contributed by atoms with E-state index in [1.54, 1.807) is 0 Å². The zero-order chi connectivity index (χ0) is 55.7. The van der Waals surface area contributed by atoms with E-state index >= 15 is 0 Å². The Balaban J connectivity index is 4.52. The molecular weight excluding hydrogens is 949 g/mol. The van der Waals surface area contributed by atoms with Crippen molar-refractivity contribution in [3.63, 3.8) is 0 Å². The van der Waals surface area contributed by atoms with Crippen molar-refractivity contribution in [1.29, 1.82) is 0 Å². The molecule has 0 N–H and O–H groups in total. The van der Waals surface area contributed by atoms with Gasteiger partial charge in [0.05, 0.1) is 0 Å². The summed E-state index contributed by atoms with van der Waals surface area (Å²) < 4.78 is 16.8. The van der Waals surface area contributed by atoms with Gasteiger partial charge in [-0.25, -0.2) is 0 Å². The van der Waals surface area contributed by atoms with Crippen molar-refractivity contribution in [3.05, 3.63) is 122 Å². The van der Waals surface area contributed by atoms with E-state index in [2.05, 4.69) is 136 Å². The number of esters is 3. The molecule has 0 bridgehead atoms. The monoisotopic (exact) mass is 1070 g/mol. The maximum absolute atomic E-state index is 12.9. The molecular formula is C71H118O6. The van der Waals surface area contributed by atoms with Crippen LogP contribution >= 0.6 is 0 Å². The van der Waals surface area contributed by atoms with Gasteiger partial charge < -0.3 is 14.2 Å². The molecule has 0 fully saturated rings. The van der Waals surface area contributed by atoms with Gasteiger partial charge in [0.2, 0.25) is 0 Å². The van der Waals surface area contributed by atoms with Crippen molar-refractivity contribution in [1.82, 2.24) is 0 Å². The van der Waals surface area contributed by atoms with Gasteiger partial charge in [0.1, 0.15) is 13.2 Å². The third-order valence-electron chi connectivity index (χ3n) is 13.5. The molecule has 0 amide bonds. The Morgan fingerprint density at radius 3 is 0.896 bits per heavy atom. The molecule has 0 saturated carbocycles. The first-order valence-electron chi connectivity index (χ1n) is 32.0. The molecule has 0 aromatic rings. The highest BCUT2D eigenvalue weighted by Gasteiger charge is 2.19. The molecule has 77 heavy (non-hydrogen) atoms. The van der Waals surface area contributed by atoms with E-state index in [-0.39, 0.29) is 44.0 Å². The summed E-state index contributed by atoms with van der Waals surface area (Å²) in [5.74, 6) is -1.03. The summed E-state index contributed by atoms with van der Waals surface area (Å²) in [5, 5.41) is 0. The Kier molecular flexibility index (Phi) is 60.8. The second-order valence-corrected chi connectivity index (χ2v) is 20.9. The number of carbonyl (C=O) groups excluding carboxylic acids is 3. The Morgan fingerprint density at radius 1 is 0.273 bits per heavy atom. The van der Waals surface area contributed by atoms with Gasteiger partial charge in [0.25, 0.3) is 0 Å². The molecule has 6 nitrogen and oxygen atoms in total. The first-order valence-corrected chi connectivity index (χ1v) is 32.0. The minimum absolute atomic E-state index is 0.115. The van der Waals surface area contributed by atoms with Crippen LogP contribution in [0.4, 0.5) is 0 Å². The van der Waals surface area contributed by atoms with Crippen LogP contribution in [0, 0.1) is 0 Å². The predicted octanol–water partition coefficient (Wildman–Crippen LogP) is 22.0. The van der Waals surface area contributed by atoms with Gasteiger partial charge >= 0.3 is 17.9 Å². The fourth-order valence-corrected chi connectivity index (χ4v) is 8.69. The first-order chi connectivity index (χ1) is 38.0. The van der Waals surface area contributed by atoms with Crippen LogP contribution in [0.3, 0.4) is 0 Å².